The van der Waals surface area contributed by atoms with Crippen LogP contribution in [0, 0.1) is 11.7 Å². The molecule has 0 aromatic heterocycles. The van der Waals surface area contributed by atoms with Crippen molar-refractivity contribution >= 4 is 23.4 Å². The molecule has 24 heavy (non-hydrogen) atoms. The summed E-state index contributed by atoms with van der Waals surface area (Å²) in [5, 5.41) is 12.5. The first-order valence-electron chi connectivity index (χ1n) is 7.89. The Hall–Kier alpha value is -1.85. The van der Waals surface area contributed by atoms with Gasteiger partial charge in [0, 0.05) is 5.75 Å². The molecule has 0 heterocycles. The van der Waals surface area contributed by atoms with Crippen molar-refractivity contribution in [1.29, 1.82) is 0 Å². The molecule has 2 rings (SSSR count). The van der Waals surface area contributed by atoms with E-state index < -0.39 is 11.9 Å². The number of rotatable bonds is 7. The zero-order valence-electron chi connectivity index (χ0n) is 13.8. The van der Waals surface area contributed by atoms with Crippen LogP contribution in [0.4, 0.5) is 10.1 Å². The van der Waals surface area contributed by atoms with E-state index in [0.29, 0.717) is 5.75 Å². The molecule has 0 bridgehead atoms. The van der Waals surface area contributed by atoms with Crippen molar-refractivity contribution in [2.75, 3.05) is 11.1 Å². The quantitative estimate of drug-likeness (QED) is 0.787. The van der Waals surface area contributed by atoms with Crippen molar-refractivity contribution in [1.82, 2.24) is 0 Å². The molecule has 0 radical (unpaired) electrons. The summed E-state index contributed by atoms with van der Waals surface area (Å²) >= 11 is 1.38. The Balaban J connectivity index is 1.99. The average Bonchev–Trinajstić information content (AvgIpc) is 2.57. The highest BCUT2D eigenvalue weighted by atomic mass is 32.2. The molecule has 5 heteroatoms. The van der Waals surface area contributed by atoms with Crippen molar-refractivity contribution in [3.63, 3.8) is 0 Å². The summed E-state index contributed by atoms with van der Waals surface area (Å²) in [7, 11) is 0. The molecule has 2 N–H and O–H groups in total. The second-order valence-electron chi connectivity index (χ2n) is 5.89. The number of amides is 1. The molecule has 0 saturated carbocycles. The van der Waals surface area contributed by atoms with E-state index in [1.54, 1.807) is 12.1 Å². The fraction of sp³-hybridized carbons (Fsp3) is 0.316. The molecule has 1 amide bonds. The predicted molar refractivity (Wildman–Crippen MR) is 97.5 cm³/mol. The first-order chi connectivity index (χ1) is 11.5. The van der Waals surface area contributed by atoms with Gasteiger partial charge in [0.05, 0.1) is 17.0 Å². The number of thioether (sulfide) groups is 1. The largest absolute Gasteiger partial charge is 0.388 e. The average molecular weight is 347 g/mol. The lowest BCUT2D eigenvalue weighted by Gasteiger charge is -2.21. The van der Waals surface area contributed by atoms with Gasteiger partial charge in [-0.3, -0.25) is 4.79 Å². The van der Waals surface area contributed by atoms with Crippen LogP contribution in [0.3, 0.4) is 0 Å². The monoisotopic (exact) mass is 347 g/mol. The van der Waals surface area contributed by atoms with Gasteiger partial charge in [-0.2, -0.15) is 0 Å². The molecule has 0 aliphatic rings. The highest BCUT2D eigenvalue weighted by Crippen LogP contribution is 2.27. The lowest BCUT2D eigenvalue weighted by Crippen LogP contribution is -2.30. The van der Waals surface area contributed by atoms with E-state index in [9.17, 15) is 14.3 Å². The minimum Gasteiger partial charge on any atom is -0.388 e. The summed E-state index contributed by atoms with van der Waals surface area (Å²) in [6, 6.07) is 15.4. The minimum absolute atomic E-state index is 0.0600. The van der Waals surface area contributed by atoms with Crippen molar-refractivity contribution in [3.05, 3.63) is 66.0 Å². The van der Waals surface area contributed by atoms with E-state index in [1.807, 2.05) is 44.2 Å². The molecule has 128 valence electrons. The van der Waals surface area contributed by atoms with Gasteiger partial charge in [-0.05, 0) is 23.6 Å². The van der Waals surface area contributed by atoms with Crippen LogP contribution in [0.25, 0.3) is 0 Å². The van der Waals surface area contributed by atoms with Crippen LogP contribution >= 0.6 is 11.8 Å². The molecular weight excluding hydrogens is 325 g/mol. The molecule has 2 unspecified atom stereocenters. The van der Waals surface area contributed by atoms with Crippen molar-refractivity contribution < 1.29 is 14.3 Å². The third-order valence-corrected chi connectivity index (χ3v) is 5.24. The SMILES string of the molecule is CC(C)C(SCC(O)c1ccccc1)C(=O)Nc1ccccc1F. The molecule has 0 fully saturated rings. The Bertz CT molecular complexity index is 663. The molecule has 2 aromatic rings. The Morgan fingerprint density at radius 3 is 2.38 bits per heavy atom. The first kappa shape index (κ1) is 18.5. The van der Waals surface area contributed by atoms with Crippen molar-refractivity contribution in [3.8, 4) is 0 Å². The van der Waals surface area contributed by atoms with Gasteiger partial charge < -0.3 is 10.4 Å². The number of carbonyl (C=O) groups excluding carboxylic acids is 1. The highest BCUT2D eigenvalue weighted by molar-refractivity contribution is 8.00. The van der Waals surface area contributed by atoms with Gasteiger partial charge in [-0.15, -0.1) is 11.8 Å². The fourth-order valence-corrected chi connectivity index (χ4v) is 3.48. The zero-order valence-corrected chi connectivity index (χ0v) is 14.6. The number of aliphatic hydroxyl groups is 1. The second kappa shape index (κ2) is 8.85. The van der Waals surface area contributed by atoms with E-state index in [-0.39, 0.29) is 22.8 Å². The van der Waals surface area contributed by atoms with Crippen molar-refractivity contribution in [2.24, 2.45) is 5.92 Å². The number of nitrogens with one attached hydrogen (secondary N) is 1. The normalized spacial score (nSPS) is 13.5. The number of anilines is 1. The number of halogens is 1. The number of benzene rings is 2. The topological polar surface area (TPSA) is 49.3 Å². The zero-order chi connectivity index (χ0) is 17.5. The predicted octanol–water partition coefficient (Wildman–Crippen LogP) is 4.26. The van der Waals surface area contributed by atoms with Crippen LogP contribution in [0.1, 0.15) is 25.5 Å². The maximum absolute atomic E-state index is 13.7. The maximum Gasteiger partial charge on any atom is 0.237 e. The lowest BCUT2D eigenvalue weighted by atomic mass is 10.1. The lowest BCUT2D eigenvalue weighted by molar-refractivity contribution is -0.116. The van der Waals surface area contributed by atoms with Gasteiger partial charge in [0.1, 0.15) is 5.82 Å². The summed E-state index contributed by atoms with van der Waals surface area (Å²) in [4.78, 5) is 12.5. The first-order valence-corrected chi connectivity index (χ1v) is 8.94. The van der Waals surface area contributed by atoms with Gasteiger partial charge in [-0.25, -0.2) is 4.39 Å². The molecule has 0 saturated heterocycles. The van der Waals surface area contributed by atoms with Crippen molar-refractivity contribution in [2.45, 2.75) is 25.2 Å². The highest BCUT2D eigenvalue weighted by Gasteiger charge is 2.24. The minimum atomic E-state index is -0.640. The van der Waals surface area contributed by atoms with Gasteiger partial charge in [-0.1, -0.05) is 56.3 Å². The summed E-state index contributed by atoms with van der Waals surface area (Å²) in [5.74, 6) is -0.245. The Labute approximate surface area is 146 Å². The maximum atomic E-state index is 13.7. The molecule has 0 aliphatic carbocycles. The third-order valence-electron chi connectivity index (χ3n) is 3.61. The van der Waals surface area contributed by atoms with Crippen LogP contribution in [-0.2, 0) is 4.79 Å². The standard InChI is InChI=1S/C19H22FNO2S/c1-13(2)18(19(23)21-16-11-7-6-10-15(16)20)24-12-17(22)14-8-4-3-5-9-14/h3-11,13,17-18,22H,12H2,1-2H3,(H,21,23). The molecule has 2 aromatic carbocycles. The fourth-order valence-electron chi connectivity index (χ4n) is 2.30. The van der Waals surface area contributed by atoms with E-state index in [4.69, 9.17) is 0 Å². The molecule has 0 aliphatic heterocycles. The number of carbonyl (C=O) groups is 1. The Morgan fingerprint density at radius 2 is 1.75 bits per heavy atom. The molecule has 3 nitrogen and oxygen atoms in total. The van der Waals surface area contributed by atoms with E-state index in [1.165, 1.54) is 23.9 Å². The number of hydrogen-bond donors (Lipinski definition) is 2. The van der Waals surface area contributed by atoms with E-state index in [0.717, 1.165) is 5.56 Å². The number of hydrogen-bond acceptors (Lipinski definition) is 3. The van der Waals surface area contributed by atoms with Gasteiger partial charge >= 0.3 is 0 Å². The van der Waals surface area contributed by atoms with E-state index in [2.05, 4.69) is 5.32 Å². The molecular formula is C19H22FNO2S. The smallest absolute Gasteiger partial charge is 0.237 e. The second-order valence-corrected chi connectivity index (χ2v) is 7.07. The summed E-state index contributed by atoms with van der Waals surface area (Å²) < 4.78 is 13.7. The van der Waals surface area contributed by atoms with Crippen LogP contribution in [0.2, 0.25) is 0 Å². The van der Waals surface area contributed by atoms with Gasteiger partial charge in [0.25, 0.3) is 0 Å². The molecule has 2 atom stereocenters. The molecule has 0 spiro atoms. The summed E-state index contributed by atoms with van der Waals surface area (Å²) in [6.45, 7) is 3.88. The summed E-state index contributed by atoms with van der Waals surface area (Å²) in [6.07, 6.45) is -0.640. The van der Waals surface area contributed by atoms with Gasteiger partial charge in [0.2, 0.25) is 5.91 Å². The third kappa shape index (κ3) is 5.08. The Kier molecular flexibility index (Phi) is 6.82. The van der Waals surface area contributed by atoms with Crippen LogP contribution in [0.5, 0.6) is 0 Å². The number of para-hydroxylation sites is 1. The Morgan fingerprint density at radius 1 is 1.12 bits per heavy atom. The van der Waals surface area contributed by atoms with Crippen LogP contribution < -0.4 is 5.32 Å². The number of aliphatic hydroxyl groups excluding tert-OH is 1. The van der Waals surface area contributed by atoms with Crippen LogP contribution in [0.15, 0.2) is 54.6 Å². The summed E-state index contributed by atoms with van der Waals surface area (Å²) in [5.41, 5.74) is 0.999. The van der Waals surface area contributed by atoms with E-state index >= 15 is 0 Å². The van der Waals surface area contributed by atoms with Gasteiger partial charge in [0.15, 0.2) is 0 Å². The van der Waals surface area contributed by atoms with Crippen LogP contribution in [-0.4, -0.2) is 22.0 Å².